The highest BCUT2D eigenvalue weighted by Crippen LogP contribution is 2.13. The van der Waals surface area contributed by atoms with Crippen LogP contribution in [-0.4, -0.2) is 34.3 Å². The van der Waals surface area contributed by atoms with Crippen LogP contribution in [0.1, 0.15) is 15.9 Å². The van der Waals surface area contributed by atoms with Crippen LogP contribution in [0.25, 0.3) is 4.96 Å². The molecule has 7 heteroatoms. The van der Waals surface area contributed by atoms with Crippen molar-refractivity contribution in [2.75, 3.05) is 14.2 Å². The Morgan fingerprint density at radius 3 is 2.78 bits per heavy atom. The number of amides is 1. The fourth-order valence-corrected chi connectivity index (χ4v) is 2.93. The molecule has 0 unspecified atom stereocenters. The first-order chi connectivity index (χ1) is 11.1. The SMILES string of the molecule is COc1ccc(CN(C)C(=O)c2cnc3sccn3c2=O)cc1. The number of nitrogens with zero attached hydrogens (tertiary/aromatic N) is 3. The van der Waals surface area contributed by atoms with Crippen LogP contribution in [0.3, 0.4) is 0 Å². The average Bonchev–Trinajstić information content (AvgIpc) is 3.05. The first-order valence-corrected chi connectivity index (χ1v) is 7.81. The maximum Gasteiger partial charge on any atom is 0.271 e. The minimum atomic E-state index is -0.348. The molecular weight excluding hydrogens is 314 g/mol. The fourth-order valence-electron chi connectivity index (χ4n) is 2.25. The third-order valence-electron chi connectivity index (χ3n) is 3.50. The number of aromatic nitrogens is 2. The van der Waals surface area contributed by atoms with E-state index >= 15 is 0 Å². The minimum absolute atomic E-state index is 0.0666. The Labute approximate surface area is 136 Å². The molecule has 0 aliphatic heterocycles. The molecule has 2 aromatic heterocycles. The fraction of sp³-hybridized carbons (Fsp3) is 0.188. The Bertz CT molecular complexity index is 899. The molecule has 0 aliphatic rings. The predicted octanol–water partition coefficient (Wildman–Crippen LogP) is 2.04. The summed E-state index contributed by atoms with van der Waals surface area (Å²) in [5.74, 6) is 0.409. The summed E-state index contributed by atoms with van der Waals surface area (Å²) in [6, 6.07) is 7.44. The van der Waals surface area contributed by atoms with E-state index in [2.05, 4.69) is 4.98 Å². The lowest BCUT2D eigenvalue weighted by atomic mass is 10.2. The number of fused-ring (bicyclic) bond motifs is 1. The quantitative estimate of drug-likeness (QED) is 0.735. The van der Waals surface area contributed by atoms with Crippen molar-refractivity contribution in [3.05, 3.63) is 63.5 Å². The molecule has 0 N–H and O–H groups in total. The summed E-state index contributed by atoms with van der Waals surface area (Å²) in [6.07, 6.45) is 2.97. The molecule has 0 atom stereocenters. The van der Waals surface area contributed by atoms with Crippen molar-refractivity contribution in [3.63, 3.8) is 0 Å². The Hall–Kier alpha value is -2.67. The van der Waals surface area contributed by atoms with Crippen LogP contribution in [-0.2, 0) is 6.54 Å². The van der Waals surface area contributed by atoms with Gasteiger partial charge in [0, 0.05) is 31.4 Å². The van der Waals surface area contributed by atoms with Gasteiger partial charge in [-0.15, -0.1) is 11.3 Å². The first-order valence-electron chi connectivity index (χ1n) is 6.93. The number of thiazole rings is 1. The number of hydrogen-bond donors (Lipinski definition) is 0. The summed E-state index contributed by atoms with van der Waals surface area (Å²) >= 11 is 1.35. The Balaban J connectivity index is 1.82. The maximum absolute atomic E-state index is 12.5. The smallest absolute Gasteiger partial charge is 0.271 e. The van der Waals surface area contributed by atoms with Crippen molar-refractivity contribution in [3.8, 4) is 5.75 Å². The van der Waals surface area contributed by atoms with E-state index in [-0.39, 0.29) is 17.0 Å². The second kappa shape index (κ2) is 6.21. The standard InChI is InChI=1S/C16H15N3O3S/c1-18(10-11-3-5-12(22-2)6-4-11)14(20)13-9-17-16-19(15(13)21)7-8-23-16/h3-9H,10H2,1-2H3. The van der Waals surface area contributed by atoms with E-state index in [9.17, 15) is 9.59 Å². The molecule has 3 rings (SSSR count). The Morgan fingerprint density at radius 2 is 2.09 bits per heavy atom. The second-order valence-electron chi connectivity index (χ2n) is 5.04. The van der Waals surface area contributed by atoms with Crippen molar-refractivity contribution in [2.24, 2.45) is 0 Å². The Kier molecular flexibility index (Phi) is 4.12. The van der Waals surface area contributed by atoms with Gasteiger partial charge in [-0.25, -0.2) is 4.98 Å². The highest BCUT2D eigenvalue weighted by atomic mass is 32.1. The molecule has 2 heterocycles. The molecule has 3 aromatic rings. The number of rotatable bonds is 4. The first kappa shape index (κ1) is 15.2. The topological polar surface area (TPSA) is 63.9 Å². The van der Waals surface area contributed by atoms with Gasteiger partial charge in [0.2, 0.25) is 0 Å². The second-order valence-corrected chi connectivity index (χ2v) is 5.91. The van der Waals surface area contributed by atoms with Crippen molar-refractivity contribution in [1.29, 1.82) is 0 Å². The highest BCUT2D eigenvalue weighted by molar-refractivity contribution is 7.15. The molecule has 0 fully saturated rings. The molecule has 0 bridgehead atoms. The van der Waals surface area contributed by atoms with Crippen molar-refractivity contribution < 1.29 is 9.53 Å². The zero-order valence-electron chi connectivity index (χ0n) is 12.7. The molecule has 0 saturated heterocycles. The summed E-state index contributed by atoms with van der Waals surface area (Å²) < 4.78 is 6.50. The van der Waals surface area contributed by atoms with E-state index in [0.29, 0.717) is 11.5 Å². The third-order valence-corrected chi connectivity index (χ3v) is 4.27. The van der Waals surface area contributed by atoms with Crippen LogP contribution >= 0.6 is 11.3 Å². The average molecular weight is 329 g/mol. The molecule has 0 radical (unpaired) electrons. The van der Waals surface area contributed by atoms with E-state index in [0.717, 1.165) is 11.3 Å². The monoisotopic (exact) mass is 329 g/mol. The number of hydrogen-bond acceptors (Lipinski definition) is 5. The van der Waals surface area contributed by atoms with Gasteiger partial charge in [0.1, 0.15) is 11.3 Å². The van der Waals surface area contributed by atoms with E-state index < -0.39 is 0 Å². The molecule has 0 saturated carbocycles. The summed E-state index contributed by atoms with van der Waals surface area (Å²) in [4.78, 5) is 31.1. The van der Waals surface area contributed by atoms with Crippen LogP contribution < -0.4 is 10.3 Å². The van der Waals surface area contributed by atoms with Gasteiger partial charge in [-0.3, -0.25) is 14.0 Å². The molecule has 0 spiro atoms. The van der Waals surface area contributed by atoms with E-state index in [1.807, 2.05) is 24.3 Å². The van der Waals surface area contributed by atoms with Gasteiger partial charge in [-0.2, -0.15) is 0 Å². The van der Waals surface area contributed by atoms with E-state index in [4.69, 9.17) is 4.74 Å². The summed E-state index contributed by atoms with van der Waals surface area (Å²) in [5, 5.41) is 1.76. The molecule has 1 amide bonds. The van der Waals surface area contributed by atoms with E-state index in [1.54, 1.807) is 25.7 Å². The zero-order valence-corrected chi connectivity index (χ0v) is 13.5. The van der Waals surface area contributed by atoms with Crippen molar-refractivity contribution >= 4 is 22.2 Å². The van der Waals surface area contributed by atoms with E-state index in [1.165, 1.54) is 26.8 Å². The number of ether oxygens (including phenoxy) is 1. The van der Waals surface area contributed by atoms with Gasteiger partial charge in [0.05, 0.1) is 7.11 Å². The lowest BCUT2D eigenvalue weighted by molar-refractivity contribution is 0.0782. The van der Waals surface area contributed by atoms with Gasteiger partial charge in [-0.05, 0) is 17.7 Å². The van der Waals surface area contributed by atoms with Gasteiger partial charge in [-0.1, -0.05) is 12.1 Å². The van der Waals surface area contributed by atoms with Crippen LogP contribution in [0.15, 0.2) is 46.8 Å². The van der Waals surface area contributed by atoms with Gasteiger partial charge in [0.15, 0.2) is 4.96 Å². The van der Waals surface area contributed by atoms with Crippen LogP contribution in [0, 0.1) is 0 Å². The predicted molar refractivity (Wildman–Crippen MR) is 88.1 cm³/mol. The minimum Gasteiger partial charge on any atom is -0.497 e. The molecule has 1 aromatic carbocycles. The number of carbonyl (C=O) groups is 1. The lowest BCUT2D eigenvalue weighted by Crippen LogP contribution is -2.32. The number of methoxy groups -OCH3 is 1. The van der Waals surface area contributed by atoms with Gasteiger partial charge >= 0.3 is 0 Å². The van der Waals surface area contributed by atoms with Crippen molar-refractivity contribution in [2.45, 2.75) is 6.54 Å². The molecular formula is C16H15N3O3S. The lowest BCUT2D eigenvalue weighted by Gasteiger charge is -2.17. The highest BCUT2D eigenvalue weighted by Gasteiger charge is 2.18. The maximum atomic E-state index is 12.5. The molecule has 0 aliphatic carbocycles. The molecule has 6 nitrogen and oxygen atoms in total. The van der Waals surface area contributed by atoms with Gasteiger partial charge < -0.3 is 9.64 Å². The normalized spacial score (nSPS) is 10.7. The summed E-state index contributed by atoms with van der Waals surface area (Å²) in [5.41, 5.74) is 0.672. The largest absolute Gasteiger partial charge is 0.497 e. The van der Waals surface area contributed by atoms with Gasteiger partial charge in [0.25, 0.3) is 11.5 Å². The molecule has 23 heavy (non-hydrogen) atoms. The Morgan fingerprint density at radius 1 is 1.35 bits per heavy atom. The zero-order chi connectivity index (χ0) is 16.4. The number of carbonyl (C=O) groups excluding carboxylic acids is 1. The summed E-state index contributed by atoms with van der Waals surface area (Å²) in [7, 11) is 3.26. The summed E-state index contributed by atoms with van der Waals surface area (Å²) in [6.45, 7) is 0.397. The third kappa shape index (κ3) is 2.95. The van der Waals surface area contributed by atoms with Crippen molar-refractivity contribution in [1.82, 2.24) is 14.3 Å². The molecule has 118 valence electrons. The van der Waals surface area contributed by atoms with Crippen LogP contribution in [0.5, 0.6) is 5.75 Å². The number of benzene rings is 1. The van der Waals surface area contributed by atoms with Crippen LogP contribution in [0.2, 0.25) is 0 Å². The van der Waals surface area contributed by atoms with Crippen LogP contribution in [0.4, 0.5) is 0 Å².